The number of ether oxygens (including phenoxy) is 2. The number of Topliss-reactive ketones (excluding diaryl/α,β-unsaturated/α-hetero) is 1. The third-order valence-corrected chi connectivity index (χ3v) is 2.28. The van der Waals surface area contributed by atoms with E-state index in [1.807, 2.05) is 12.1 Å². The highest BCUT2D eigenvalue weighted by atomic mass is 16.6. The molecular weight excluding hydrogens is 194 g/mol. The number of hydrogen-bond donors (Lipinski definition) is 0. The summed E-state index contributed by atoms with van der Waals surface area (Å²) in [5.74, 6) is 0.0581. The molecule has 1 aromatic heterocycles. The van der Waals surface area contributed by atoms with E-state index in [1.54, 1.807) is 12.4 Å². The van der Waals surface area contributed by atoms with Crippen molar-refractivity contribution in [2.45, 2.75) is 12.5 Å². The third-order valence-electron chi connectivity index (χ3n) is 2.28. The van der Waals surface area contributed by atoms with Gasteiger partial charge in [-0.3, -0.25) is 9.78 Å². The highest BCUT2D eigenvalue weighted by molar-refractivity contribution is 5.85. The molecule has 1 aliphatic heterocycles. The van der Waals surface area contributed by atoms with Crippen LogP contribution in [0.15, 0.2) is 24.5 Å². The normalized spacial score (nSPS) is 21.2. The fourth-order valence-corrected chi connectivity index (χ4v) is 1.49. The molecule has 0 aliphatic carbocycles. The molecule has 15 heavy (non-hydrogen) atoms. The lowest BCUT2D eigenvalue weighted by Crippen LogP contribution is -2.36. The summed E-state index contributed by atoms with van der Waals surface area (Å²) in [7, 11) is 0. The van der Waals surface area contributed by atoms with Gasteiger partial charge in [-0.05, 0) is 11.6 Å². The molecule has 1 atom stereocenters. The van der Waals surface area contributed by atoms with Crippen LogP contribution in [0, 0.1) is 0 Å². The minimum atomic E-state index is -0.404. The van der Waals surface area contributed by atoms with Gasteiger partial charge in [0, 0.05) is 18.8 Å². The summed E-state index contributed by atoms with van der Waals surface area (Å²) in [4.78, 5) is 15.7. The van der Waals surface area contributed by atoms with E-state index in [0.29, 0.717) is 26.2 Å². The molecule has 2 rings (SSSR count). The summed E-state index contributed by atoms with van der Waals surface area (Å²) < 4.78 is 10.5. The second-order valence-corrected chi connectivity index (χ2v) is 3.44. The minimum Gasteiger partial charge on any atom is -0.376 e. The molecule has 0 spiro atoms. The SMILES string of the molecule is O=C(Cc1cccnc1)C1COCCO1. The van der Waals surface area contributed by atoms with Crippen molar-refractivity contribution in [1.29, 1.82) is 0 Å². The summed E-state index contributed by atoms with van der Waals surface area (Å²) in [6.45, 7) is 1.46. The van der Waals surface area contributed by atoms with Crippen molar-refractivity contribution in [3.63, 3.8) is 0 Å². The number of pyridine rings is 1. The van der Waals surface area contributed by atoms with Gasteiger partial charge >= 0.3 is 0 Å². The van der Waals surface area contributed by atoms with Gasteiger partial charge in [-0.1, -0.05) is 6.07 Å². The first kappa shape index (κ1) is 10.3. The molecule has 4 nitrogen and oxygen atoms in total. The molecule has 1 aromatic rings. The summed E-state index contributed by atoms with van der Waals surface area (Å²) in [6, 6.07) is 3.70. The molecule has 80 valence electrons. The van der Waals surface area contributed by atoms with Crippen molar-refractivity contribution in [3.05, 3.63) is 30.1 Å². The van der Waals surface area contributed by atoms with Gasteiger partial charge in [0.25, 0.3) is 0 Å². The van der Waals surface area contributed by atoms with E-state index in [9.17, 15) is 4.79 Å². The molecule has 0 N–H and O–H groups in total. The molecule has 4 heteroatoms. The van der Waals surface area contributed by atoms with E-state index < -0.39 is 6.10 Å². The molecule has 0 aromatic carbocycles. The van der Waals surface area contributed by atoms with Crippen LogP contribution < -0.4 is 0 Å². The Morgan fingerprint density at radius 1 is 1.53 bits per heavy atom. The number of nitrogens with zero attached hydrogens (tertiary/aromatic N) is 1. The Hall–Kier alpha value is -1.26. The van der Waals surface area contributed by atoms with E-state index >= 15 is 0 Å². The van der Waals surface area contributed by atoms with Gasteiger partial charge < -0.3 is 9.47 Å². The number of aromatic nitrogens is 1. The first-order chi connectivity index (χ1) is 7.36. The van der Waals surface area contributed by atoms with Crippen molar-refractivity contribution in [1.82, 2.24) is 4.98 Å². The molecule has 1 aliphatic rings. The Kier molecular flexibility index (Phi) is 3.42. The van der Waals surface area contributed by atoms with Gasteiger partial charge in [0.2, 0.25) is 0 Å². The van der Waals surface area contributed by atoms with E-state index in [2.05, 4.69) is 4.98 Å². The first-order valence-corrected chi connectivity index (χ1v) is 4.97. The zero-order valence-corrected chi connectivity index (χ0v) is 8.39. The maximum atomic E-state index is 11.7. The lowest BCUT2D eigenvalue weighted by Gasteiger charge is -2.21. The Balaban J connectivity index is 1.91. The Bertz CT molecular complexity index is 320. The van der Waals surface area contributed by atoms with Crippen LogP contribution in [0.3, 0.4) is 0 Å². The monoisotopic (exact) mass is 207 g/mol. The van der Waals surface area contributed by atoms with Crippen molar-refractivity contribution in [3.8, 4) is 0 Å². The van der Waals surface area contributed by atoms with Crippen molar-refractivity contribution in [2.75, 3.05) is 19.8 Å². The molecule has 1 saturated heterocycles. The zero-order chi connectivity index (χ0) is 10.5. The second kappa shape index (κ2) is 5.00. The van der Waals surface area contributed by atoms with Crippen LogP contribution in [0.25, 0.3) is 0 Å². The van der Waals surface area contributed by atoms with Gasteiger partial charge in [0.15, 0.2) is 5.78 Å². The van der Waals surface area contributed by atoms with Crippen LogP contribution in [0.1, 0.15) is 5.56 Å². The number of rotatable bonds is 3. The average Bonchev–Trinajstić information content (AvgIpc) is 2.31. The van der Waals surface area contributed by atoms with Crippen LogP contribution in [0.5, 0.6) is 0 Å². The average molecular weight is 207 g/mol. The molecule has 1 fully saturated rings. The largest absolute Gasteiger partial charge is 0.376 e. The maximum absolute atomic E-state index is 11.7. The zero-order valence-electron chi connectivity index (χ0n) is 8.39. The highest BCUT2D eigenvalue weighted by Crippen LogP contribution is 2.06. The van der Waals surface area contributed by atoms with E-state index in [4.69, 9.17) is 9.47 Å². The molecule has 0 bridgehead atoms. The summed E-state index contributed by atoms with van der Waals surface area (Å²) in [5, 5.41) is 0. The van der Waals surface area contributed by atoms with Gasteiger partial charge in [0.05, 0.1) is 19.8 Å². The number of carbonyl (C=O) groups is 1. The second-order valence-electron chi connectivity index (χ2n) is 3.44. The summed E-state index contributed by atoms with van der Waals surface area (Å²) in [6.07, 6.45) is 3.34. The van der Waals surface area contributed by atoms with E-state index in [-0.39, 0.29) is 5.78 Å². The van der Waals surface area contributed by atoms with Crippen LogP contribution in [0.2, 0.25) is 0 Å². The molecular formula is C11H13NO3. The lowest BCUT2D eigenvalue weighted by molar-refractivity contribution is -0.144. The smallest absolute Gasteiger partial charge is 0.168 e. The van der Waals surface area contributed by atoms with Gasteiger partial charge in [0.1, 0.15) is 6.10 Å². The van der Waals surface area contributed by atoms with Crippen molar-refractivity contribution >= 4 is 5.78 Å². The summed E-state index contributed by atoms with van der Waals surface area (Å²) >= 11 is 0. The quantitative estimate of drug-likeness (QED) is 0.728. The van der Waals surface area contributed by atoms with Crippen molar-refractivity contribution in [2.24, 2.45) is 0 Å². The van der Waals surface area contributed by atoms with Crippen LogP contribution in [0.4, 0.5) is 0 Å². The minimum absolute atomic E-state index is 0.0581. The maximum Gasteiger partial charge on any atom is 0.168 e. The first-order valence-electron chi connectivity index (χ1n) is 4.97. The number of hydrogen-bond acceptors (Lipinski definition) is 4. The van der Waals surface area contributed by atoms with Crippen LogP contribution >= 0.6 is 0 Å². The summed E-state index contributed by atoms with van der Waals surface area (Å²) in [5.41, 5.74) is 0.914. The standard InChI is InChI=1S/C11H13NO3/c13-10(11-8-14-4-5-15-11)6-9-2-1-3-12-7-9/h1-3,7,11H,4-6,8H2. The molecule has 0 radical (unpaired) electrons. The van der Waals surface area contributed by atoms with E-state index in [0.717, 1.165) is 5.56 Å². The van der Waals surface area contributed by atoms with Crippen LogP contribution in [-0.2, 0) is 20.7 Å². The fourth-order valence-electron chi connectivity index (χ4n) is 1.49. The third kappa shape index (κ3) is 2.84. The Labute approximate surface area is 88.2 Å². The van der Waals surface area contributed by atoms with Crippen molar-refractivity contribution < 1.29 is 14.3 Å². The fraction of sp³-hybridized carbons (Fsp3) is 0.455. The predicted molar refractivity (Wildman–Crippen MR) is 53.5 cm³/mol. The molecule has 0 saturated carbocycles. The number of carbonyl (C=O) groups excluding carboxylic acids is 1. The van der Waals surface area contributed by atoms with E-state index in [1.165, 1.54) is 0 Å². The predicted octanol–water partition coefficient (Wildman–Crippen LogP) is 0.609. The van der Waals surface area contributed by atoms with Crippen LogP contribution in [-0.4, -0.2) is 36.7 Å². The molecule has 1 unspecified atom stereocenters. The van der Waals surface area contributed by atoms with Gasteiger partial charge in [-0.25, -0.2) is 0 Å². The topological polar surface area (TPSA) is 48.4 Å². The molecule has 0 amide bonds. The Morgan fingerprint density at radius 2 is 2.47 bits per heavy atom. The number of ketones is 1. The lowest BCUT2D eigenvalue weighted by atomic mass is 10.1. The molecule has 2 heterocycles. The van der Waals surface area contributed by atoms with Gasteiger partial charge in [-0.15, -0.1) is 0 Å². The highest BCUT2D eigenvalue weighted by Gasteiger charge is 2.22. The van der Waals surface area contributed by atoms with Gasteiger partial charge in [-0.2, -0.15) is 0 Å². The Morgan fingerprint density at radius 3 is 3.13 bits per heavy atom.